The summed E-state index contributed by atoms with van der Waals surface area (Å²) in [6.07, 6.45) is 3.80. The zero-order valence-electron chi connectivity index (χ0n) is 14.3. The van der Waals surface area contributed by atoms with Crippen LogP contribution >= 0.6 is 0 Å². The third kappa shape index (κ3) is 3.59. The molecule has 0 aromatic rings. The van der Waals surface area contributed by atoms with Crippen molar-refractivity contribution in [2.45, 2.75) is 83.6 Å². The number of aliphatic hydroxyl groups is 1. The van der Waals surface area contributed by atoms with Gasteiger partial charge in [0, 0.05) is 11.1 Å². The largest absolute Gasteiger partial charge is 0.381 e. The van der Waals surface area contributed by atoms with E-state index in [1.807, 2.05) is 0 Å². The van der Waals surface area contributed by atoms with Crippen molar-refractivity contribution in [1.82, 2.24) is 5.06 Å². The van der Waals surface area contributed by atoms with Crippen LogP contribution in [0, 0.1) is 0 Å². The first kappa shape index (κ1) is 17.2. The van der Waals surface area contributed by atoms with E-state index in [9.17, 15) is 10.3 Å². The lowest BCUT2D eigenvalue weighted by Gasteiger charge is -2.54. The van der Waals surface area contributed by atoms with Crippen molar-refractivity contribution in [3.63, 3.8) is 0 Å². The van der Waals surface area contributed by atoms with Gasteiger partial charge in [0.2, 0.25) is 0 Å². The smallest absolute Gasteiger partial charge is 0.158 e. The highest BCUT2D eigenvalue weighted by Gasteiger charge is 2.52. The van der Waals surface area contributed by atoms with Crippen molar-refractivity contribution >= 4 is 0 Å². The molecule has 0 spiro atoms. The van der Waals surface area contributed by atoms with Crippen LogP contribution in [-0.2, 0) is 4.84 Å². The third-order valence-electron chi connectivity index (χ3n) is 4.98. The van der Waals surface area contributed by atoms with Crippen LogP contribution in [0.4, 0.5) is 0 Å². The van der Waals surface area contributed by atoms with Gasteiger partial charge in [-0.15, -0.1) is 0 Å². The number of likely N-dealkylation sites (tertiary alicyclic amines) is 1. The fourth-order valence-electron chi connectivity index (χ4n) is 4.05. The summed E-state index contributed by atoms with van der Waals surface area (Å²) < 4.78 is 0.595. The minimum absolute atomic E-state index is 0.128. The number of hydroxylamine groups is 5. The molecule has 0 atom stereocenters. The number of hydrogen-bond acceptors (Lipinski definition) is 4. The Balaban J connectivity index is 2.04. The van der Waals surface area contributed by atoms with Crippen LogP contribution in [0.15, 0.2) is 0 Å². The van der Waals surface area contributed by atoms with E-state index < -0.39 is 0 Å². The van der Waals surface area contributed by atoms with Gasteiger partial charge >= 0.3 is 0 Å². The highest BCUT2D eigenvalue weighted by molar-refractivity contribution is 4.96. The molecule has 21 heavy (non-hydrogen) atoms. The van der Waals surface area contributed by atoms with Crippen LogP contribution < -0.4 is 0 Å². The highest BCUT2D eigenvalue weighted by Crippen LogP contribution is 2.40. The van der Waals surface area contributed by atoms with Crippen LogP contribution in [0.5, 0.6) is 0 Å². The van der Waals surface area contributed by atoms with Gasteiger partial charge in [-0.2, -0.15) is 14.5 Å². The summed E-state index contributed by atoms with van der Waals surface area (Å²) >= 11 is 0. The zero-order chi connectivity index (χ0) is 15.9. The molecule has 5 heteroatoms. The molecule has 2 fully saturated rings. The number of nitrogens with zero attached hydrogens (tertiary/aromatic N) is 2. The standard InChI is InChI=1S/C16H33N2O3/c1-6-7-8-18(11-13(19)12-18)21-14-9-15(2,3)17(20)16(4,5)10-14/h13-14,19-20H,6-12H2,1-5H3/q+1. The predicted octanol–water partition coefficient (Wildman–Crippen LogP) is 2.32. The molecule has 0 radical (unpaired) electrons. The Morgan fingerprint density at radius 3 is 2.10 bits per heavy atom. The Morgan fingerprint density at radius 1 is 1.14 bits per heavy atom. The van der Waals surface area contributed by atoms with Crippen LogP contribution in [0.25, 0.3) is 0 Å². The molecule has 0 aliphatic carbocycles. The molecule has 0 amide bonds. The number of hydrogen-bond donors (Lipinski definition) is 2. The van der Waals surface area contributed by atoms with Crippen LogP contribution in [-0.4, -0.2) is 62.9 Å². The fraction of sp³-hybridized carbons (Fsp3) is 1.00. The molecular formula is C16H33N2O3+. The van der Waals surface area contributed by atoms with Gasteiger partial charge in [0.1, 0.15) is 25.7 Å². The van der Waals surface area contributed by atoms with Gasteiger partial charge in [-0.25, -0.2) is 0 Å². The van der Waals surface area contributed by atoms with E-state index in [4.69, 9.17) is 4.84 Å². The molecule has 2 aliphatic heterocycles. The Morgan fingerprint density at radius 2 is 1.67 bits per heavy atom. The van der Waals surface area contributed by atoms with E-state index in [1.54, 1.807) is 0 Å². The second kappa shape index (κ2) is 5.78. The Labute approximate surface area is 129 Å². The summed E-state index contributed by atoms with van der Waals surface area (Å²) in [7, 11) is 0. The summed E-state index contributed by atoms with van der Waals surface area (Å²) in [6.45, 7) is 12.8. The average Bonchev–Trinajstić information content (AvgIpc) is 2.30. The molecule has 0 unspecified atom stereocenters. The average molecular weight is 301 g/mol. The van der Waals surface area contributed by atoms with Crippen LogP contribution in [0.2, 0.25) is 0 Å². The Kier molecular flexibility index (Phi) is 4.72. The van der Waals surface area contributed by atoms with E-state index in [1.165, 1.54) is 5.06 Å². The molecular weight excluding hydrogens is 268 g/mol. The van der Waals surface area contributed by atoms with Crippen molar-refractivity contribution < 1.29 is 19.8 Å². The number of rotatable bonds is 5. The summed E-state index contributed by atoms with van der Waals surface area (Å²) in [5.74, 6) is 0. The molecule has 0 aromatic heterocycles. The molecule has 2 rings (SSSR count). The maximum absolute atomic E-state index is 10.4. The first-order valence-electron chi connectivity index (χ1n) is 8.32. The van der Waals surface area contributed by atoms with E-state index in [0.717, 1.165) is 32.2 Å². The number of unbranched alkanes of at least 4 members (excludes halogenated alkanes) is 1. The quantitative estimate of drug-likeness (QED) is 0.765. The minimum atomic E-state index is -0.287. The van der Waals surface area contributed by atoms with Crippen LogP contribution in [0.3, 0.4) is 0 Å². The van der Waals surface area contributed by atoms with Gasteiger partial charge in [-0.05, 0) is 47.0 Å². The molecule has 5 nitrogen and oxygen atoms in total. The summed E-state index contributed by atoms with van der Waals surface area (Å²) in [5, 5.41) is 21.6. The fourth-order valence-corrected chi connectivity index (χ4v) is 4.05. The van der Waals surface area contributed by atoms with E-state index in [2.05, 4.69) is 34.6 Å². The summed E-state index contributed by atoms with van der Waals surface area (Å²) in [6, 6.07) is 0. The lowest BCUT2D eigenvalue weighted by Crippen LogP contribution is -2.69. The molecule has 2 aliphatic rings. The van der Waals surface area contributed by atoms with Crippen LogP contribution in [0.1, 0.15) is 60.3 Å². The van der Waals surface area contributed by atoms with Gasteiger partial charge in [-0.3, -0.25) is 0 Å². The number of quaternary nitrogens is 1. The van der Waals surface area contributed by atoms with Crippen molar-refractivity contribution in [2.75, 3.05) is 19.6 Å². The lowest BCUT2D eigenvalue weighted by molar-refractivity contribution is -1.14. The van der Waals surface area contributed by atoms with E-state index in [-0.39, 0.29) is 23.3 Å². The molecule has 0 bridgehead atoms. The summed E-state index contributed by atoms with van der Waals surface area (Å²) in [5.41, 5.74) is -0.574. The molecule has 2 heterocycles. The highest BCUT2D eigenvalue weighted by atomic mass is 16.7. The first-order chi connectivity index (χ1) is 9.60. The molecule has 0 aromatic carbocycles. The molecule has 2 N–H and O–H groups in total. The number of aliphatic hydroxyl groups excluding tert-OH is 1. The predicted molar refractivity (Wildman–Crippen MR) is 81.7 cm³/mol. The maximum Gasteiger partial charge on any atom is 0.158 e. The molecule has 0 saturated carbocycles. The van der Waals surface area contributed by atoms with Crippen molar-refractivity contribution in [3.05, 3.63) is 0 Å². The van der Waals surface area contributed by atoms with E-state index >= 15 is 0 Å². The minimum Gasteiger partial charge on any atom is -0.381 e. The molecule has 2 saturated heterocycles. The second-order valence-electron chi connectivity index (χ2n) is 8.23. The van der Waals surface area contributed by atoms with E-state index in [0.29, 0.717) is 17.7 Å². The monoisotopic (exact) mass is 301 g/mol. The summed E-state index contributed by atoms with van der Waals surface area (Å²) in [4.78, 5) is 6.45. The molecule has 124 valence electrons. The Hall–Kier alpha value is -0.200. The first-order valence-corrected chi connectivity index (χ1v) is 8.32. The van der Waals surface area contributed by atoms with Crippen molar-refractivity contribution in [1.29, 1.82) is 0 Å². The Bertz CT molecular complexity index is 347. The second-order valence-corrected chi connectivity index (χ2v) is 8.23. The number of piperidine rings is 1. The van der Waals surface area contributed by atoms with Gasteiger partial charge in [0.15, 0.2) is 6.10 Å². The van der Waals surface area contributed by atoms with Gasteiger partial charge < -0.3 is 10.3 Å². The van der Waals surface area contributed by atoms with Gasteiger partial charge in [-0.1, -0.05) is 13.3 Å². The SMILES string of the molecule is CCCC[N+]1(OC2CC(C)(C)N(O)C(C)(C)C2)CC(O)C1. The van der Waals surface area contributed by atoms with Crippen molar-refractivity contribution in [3.8, 4) is 0 Å². The van der Waals surface area contributed by atoms with Crippen molar-refractivity contribution in [2.24, 2.45) is 0 Å². The van der Waals surface area contributed by atoms with Gasteiger partial charge in [0.05, 0.1) is 0 Å². The van der Waals surface area contributed by atoms with Gasteiger partial charge in [0.25, 0.3) is 0 Å². The third-order valence-corrected chi connectivity index (χ3v) is 4.98. The maximum atomic E-state index is 10.4. The normalized spacial score (nSPS) is 36.4. The topological polar surface area (TPSA) is 52.9 Å². The zero-order valence-corrected chi connectivity index (χ0v) is 14.3. The lowest BCUT2D eigenvalue weighted by atomic mass is 9.80.